The predicted octanol–water partition coefficient (Wildman–Crippen LogP) is 4.24. The first-order valence-electron chi connectivity index (χ1n) is 7.40. The number of hydrogen-bond donors (Lipinski definition) is 0. The molecule has 1 aliphatic carbocycles. The highest BCUT2D eigenvalue weighted by Crippen LogP contribution is 2.33. The molecule has 26 heavy (non-hydrogen) atoms. The van der Waals surface area contributed by atoms with Crippen molar-refractivity contribution in [1.29, 1.82) is 0 Å². The van der Waals surface area contributed by atoms with Gasteiger partial charge >= 0.3 is 6.18 Å². The topological polar surface area (TPSA) is 47.0 Å². The Morgan fingerprint density at radius 3 is 2.27 bits per heavy atom. The summed E-state index contributed by atoms with van der Waals surface area (Å²) < 4.78 is 66.6. The number of aromatic nitrogens is 1. The number of fused-ring (bicyclic) bond motifs is 1. The van der Waals surface area contributed by atoms with Crippen LogP contribution in [0.1, 0.15) is 37.5 Å². The average molecular weight is 367 g/mol. The molecule has 0 unspecified atom stereocenters. The monoisotopic (exact) mass is 367 g/mol. The second kappa shape index (κ2) is 6.12. The van der Waals surface area contributed by atoms with E-state index in [1.165, 1.54) is 6.92 Å². The van der Waals surface area contributed by atoms with Crippen LogP contribution >= 0.6 is 0 Å². The molecular formula is C18H10F5NO2. The highest BCUT2D eigenvalue weighted by Gasteiger charge is 2.34. The van der Waals surface area contributed by atoms with E-state index in [1.807, 2.05) is 0 Å². The molecule has 1 aromatic carbocycles. The molecule has 0 saturated carbocycles. The van der Waals surface area contributed by atoms with Crippen LogP contribution < -0.4 is 0 Å². The van der Waals surface area contributed by atoms with E-state index in [-0.39, 0.29) is 16.8 Å². The number of allylic oxidation sites excluding steroid dienone is 2. The highest BCUT2D eigenvalue weighted by molar-refractivity contribution is 6.24. The zero-order valence-electron chi connectivity index (χ0n) is 13.2. The minimum atomic E-state index is -4.61. The van der Waals surface area contributed by atoms with Crippen LogP contribution in [-0.2, 0) is 12.6 Å². The van der Waals surface area contributed by atoms with Gasteiger partial charge < -0.3 is 0 Å². The fourth-order valence-corrected chi connectivity index (χ4v) is 2.77. The number of rotatable bonds is 2. The molecule has 0 bridgehead atoms. The molecule has 0 fully saturated rings. The molecule has 0 radical (unpaired) electrons. The first kappa shape index (κ1) is 17.9. The summed E-state index contributed by atoms with van der Waals surface area (Å²) in [6.45, 7) is 1.24. The lowest BCUT2D eigenvalue weighted by Gasteiger charge is -2.17. The number of pyridine rings is 1. The molecule has 0 amide bonds. The number of aryl methyl sites for hydroxylation is 1. The van der Waals surface area contributed by atoms with Crippen LogP contribution in [0.15, 0.2) is 36.0 Å². The summed E-state index contributed by atoms with van der Waals surface area (Å²) in [6, 6.07) is 2.22. The summed E-state index contributed by atoms with van der Waals surface area (Å²) in [4.78, 5) is 28.3. The number of alkyl halides is 3. The Labute approximate surface area is 144 Å². The van der Waals surface area contributed by atoms with Crippen molar-refractivity contribution in [3.05, 3.63) is 75.6 Å². The van der Waals surface area contributed by atoms with Crippen molar-refractivity contribution in [2.45, 2.75) is 19.5 Å². The molecule has 1 aromatic heterocycles. The zero-order valence-corrected chi connectivity index (χ0v) is 13.2. The Kier molecular flexibility index (Phi) is 4.21. The van der Waals surface area contributed by atoms with Crippen LogP contribution in [0, 0.1) is 18.6 Å². The number of hydrogen-bond acceptors (Lipinski definition) is 3. The second-order valence-electron chi connectivity index (χ2n) is 5.81. The van der Waals surface area contributed by atoms with Crippen LogP contribution in [0.3, 0.4) is 0 Å². The summed E-state index contributed by atoms with van der Waals surface area (Å²) in [7, 11) is 0. The van der Waals surface area contributed by atoms with Crippen molar-refractivity contribution in [1.82, 2.24) is 4.98 Å². The van der Waals surface area contributed by atoms with Gasteiger partial charge in [-0.3, -0.25) is 14.6 Å². The number of ketones is 2. The molecular weight excluding hydrogens is 357 g/mol. The third-order valence-electron chi connectivity index (χ3n) is 4.01. The molecule has 0 atom stereocenters. The van der Waals surface area contributed by atoms with Gasteiger partial charge in [0.15, 0.2) is 11.6 Å². The van der Waals surface area contributed by atoms with Crippen molar-refractivity contribution >= 4 is 11.6 Å². The SMILES string of the molecule is Cc1cnc(CC2=CC(=O)c3c(F)ccc(F)c3C2=O)cc1C(F)(F)F. The Hall–Kier alpha value is -2.90. The smallest absolute Gasteiger partial charge is 0.289 e. The van der Waals surface area contributed by atoms with Gasteiger partial charge in [0.05, 0.1) is 16.7 Å². The summed E-state index contributed by atoms with van der Waals surface area (Å²) in [6.07, 6.45) is -3.21. The minimum Gasteiger partial charge on any atom is -0.289 e. The highest BCUT2D eigenvalue weighted by atomic mass is 19.4. The molecule has 1 aliphatic rings. The fraction of sp³-hybridized carbons (Fsp3) is 0.167. The Balaban J connectivity index is 2.01. The van der Waals surface area contributed by atoms with Gasteiger partial charge in [-0.2, -0.15) is 13.2 Å². The van der Waals surface area contributed by atoms with Crippen LogP contribution in [-0.4, -0.2) is 16.6 Å². The maximum Gasteiger partial charge on any atom is 0.416 e. The first-order chi connectivity index (χ1) is 12.1. The van der Waals surface area contributed by atoms with Crippen LogP contribution in [0.2, 0.25) is 0 Å². The Morgan fingerprint density at radius 1 is 1.04 bits per heavy atom. The fourth-order valence-electron chi connectivity index (χ4n) is 2.77. The number of carbonyl (C=O) groups excluding carboxylic acids is 2. The number of Topliss-reactive ketones (excluding diaryl/α,β-unsaturated/α-hetero) is 1. The van der Waals surface area contributed by atoms with E-state index in [0.29, 0.717) is 6.07 Å². The number of carbonyl (C=O) groups is 2. The van der Waals surface area contributed by atoms with Crippen LogP contribution in [0.5, 0.6) is 0 Å². The van der Waals surface area contributed by atoms with Crippen molar-refractivity contribution in [3.8, 4) is 0 Å². The van der Waals surface area contributed by atoms with E-state index in [4.69, 9.17) is 0 Å². The molecule has 0 saturated heterocycles. The van der Waals surface area contributed by atoms with Gasteiger partial charge in [0.25, 0.3) is 0 Å². The van der Waals surface area contributed by atoms with Gasteiger partial charge in [-0.1, -0.05) is 0 Å². The normalized spacial score (nSPS) is 14.3. The van der Waals surface area contributed by atoms with E-state index in [0.717, 1.165) is 24.4 Å². The van der Waals surface area contributed by atoms with Gasteiger partial charge in [0.1, 0.15) is 11.6 Å². The van der Waals surface area contributed by atoms with E-state index in [9.17, 15) is 31.5 Å². The summed E-state index contributed by atoms with van der Waals surface area (Å²) in [5, 5.41) is 0. The van der Waals surface area contributed by atoms with Crippen molar-refractivity contribution in [2.75, 3.05) is 0 Å². The van der Waals surface area contributed by atoms with Crippen LogP contribution in [0.25, 0.3) is 0 Å². The lowest BCUT2D eigenvalue weighted by atomic mass is 9.86. The van der Waals surface area contributed by atoms with Gasteiger partial charge in [-0.15, -0.1) is 0 Å². The molecule has 2 aromatic rings. The minimum absolute atomic E-state index is 0.0975. The third-order valence-corrected chi connectivity index (χ3v) is 4.01. The molecule has 0 N–H and O–H groups in total. The first-order valence-corrected chi connectivity index (χ1v) is 7.40. The summed E-state index contributed by atoms with van der Waals surface area (Å²) in [5.74, 6) is -3.98. The standard InChI is InChI=1S/C18H10F5NO2/c1-8-7-24-10(6-11(8)18(21,22)23)4-9-5-14(25)15-12(19)2-3-13(20)16(15)17(9)26/h2-3,5-7H,4H2,1H3. The van der Waals surface area contributed by atoms with Gasteiger partial charge in [0, 0.05) is 23.9 Å². The van der Waals surface area contributed by atoms with Gasteiger partial charge in [-0.05, 0) is 36.8 Å². The van der Waals surface area contributed by atoms with Gasteiger partial charge in [0.2, 0.25) is 0 Å². The van der Waals surface area contributed by atoms with Crippen LogP contribution in [0.4, 0.5) is 22.0 Å². The average Bonchev–Trinajstić information content (AvgIpc) is 2.55. The maximum absolute atomic E-state index is 13.9. The molecule has 134 valence electrons. The van der Waals surface area contributed by atoms with Gasteiger partial charge in [-0.25, -0.2) is 8.78 Å². The molecule has 0 aliphatic heterocycles. The number of halogens is 5. The Bertz CT molecular complexity index is 976. The third kappa shape index (κ3) is 3.02. The van der Waals surface area contributed by atoms with Crippen molar-refractivity contribution < 1.29 is 31.5 Å². The molecule has 0 spiro atoms. The molecule has 3 rings (SSSR count). The lowest BCUT2D eigenvalue weighted by Crippen LogP contribution is -2.22. The number of benzene rings is 1. The second-order valence-corrected chi connectivity index (χ2v) is 5.81. The van der Waals surface area contributed by atoms with Crippen molar-refractivity contribution in [3.63, 3.8) is 0 Å². The summed E-state index contributed by atoms with van der Waals surface area (Å²) in [5.41, 5.74) is -2.77. The number of nitrogens with zero attached hydrogens (tertiary/aromatic N) is 1. The van der Waals surface area contributed by atoms with E-state index < -0.39 is 52.5 Å². The quantitative estimate of drug-likeness (QED) is 0.746. The zero-order chi connectivity index (χ0) is 19.2. The summed E-state index contributed by atoms with van der Waals surface area (Å²) >= 11 is 0. The van der Waals surface area contributed by atoms with Crippen molar-refractivity contribution in [2.24, 2.45) is 0 Å². The molecule has 3 nitrogen and oxygen atoms in total. The van der Waals surface area contributed by atoms with E-state index in [2.05, 4.69) is 4.98 Å². The van der Waals surface area contributed by atoms with E-state index >= 15 is 0 Å². The molecule has 8 heteroatoms. The molecule has 1 heterocycles. The lowest BCUT2D eigenvalue weighted by molar-refractivity contribution is -0.138. The predicted molar refractivity (Wildman–Crippen MR) is 80.8 cm³/mol. The maximum atomic E-state index is 13.9. The Morgan fingerprint density at radius 2 is 1.65 bits per heavy atom. The van der Waals surface area contributed by atoms with E-state index in [1.54, 1.807) is 0 Å². The largest absolute Gasteiger partial charge is 0.416 e.